The Kier molecular flexibility index (Phi) is 6.30. The molecule has 0 saturated carbocycles. The van der Waals surface area contributed by atoms with Crippen LogP contribution in [-0.2, 0) is 4.74 Å². The van der Waals surface area contributed by atoms with E-state index in [2.05, 4.69) is 56.5 Å². The van der Waals surface area contributed by atoms with E-state index in [0.717, 1.165) is 24.5 Å². The summed E-state index contributed by atoms with van der Waals surface area (Å²) in [6.45, 7) is 7.14. The van der Waals surface area contributed by atoms with E-state index in [-0.39, 0.29) is 0 Å². The van der Waals surface area contributed by atoms with Gasteiger partial charge >= 0.3 is 0 Å². The third kappa shape index (κ3) is 5.17. The van der Waals surface area contributed by atoms with Gasteiger partial charge in [-0.25, -0.2) is 0 Å². The SMILES string of the molecule is CC(C)c1ccc(Nc2nc(Nc3cccc(Cl)c3)nc(N3CCOCC3)n2)cc1. The van der Waals surface area contributed by atoms with Crippen LogP contribution in [0.5, 0.6) is 0 Å². The van der Waals surface area contributed by atoms with E-state index < -0.39 is 0 Å². The van der Waals surface area contributed by atoms with E-state index in [1.807, 2.05) is 36.4 Å². The van der Waals surface area contributed by atoms with Gasteiger partial charge in [0.15, 0.2) is 0 Å². The fourth-order valence-corrected chi connectivity index (χ4v) is 3.35. The first-order valence-electron chi connectivity index (χ1n) is 10.1. The molecule has 156 valence electrons. The lowest BCUT2D eigenvalue weighted by molar-refractivity contribution is 0.122. The van der Waals surface area contributed by atoms with E-state index >= 15 is 0 Å². The third-order valence-corrected chi connectivity index (χ3v) is 5.07. The van der Waals surface area contributed by atoms with Crippen LogP contribution in [0.2, 0.25) is 5.02 Å². The van der Waals surface area contributed by atoms with Crippen molar-refractivity contribution in [3.05, 3.63) is 59.1 Å². The zero-order valence-corrected chi connectivity index (χ0v) is 17.9. The summed E-state index contributed by atoms with van der Waals surface area (Å²) < 4.78 is 5.46. The van der Waals surface area contributed by atoms with Crippen molar-refractivity contribution < 1.29 is 4.74 Å². The standard InChI is InChI=1S/C22H25ClN6O/c1-15(2)16-6-8-18(9-7-16)24-20-26-21(25-19-5-3-4-17(23)14-19)28-22(27-20)29-10-12-30-13-11-29/h3-9,14-15H,10-13H2,1-2H3,(H2,24,25,26,27,28). The van der Waals surface area contributed by atoms with Gasteiger partial charge in [-0.05, 0) is 41.8 Å². The van der Waals surface area contributed by atoms with Gasteiger partial charge in [-0.2, -0.15) is 15.0 Å². The zero-order chi connectivity index (χ0) is 20.9. The molecule has 0 spiro atoms. The first-order chi connectivity index (χ1) is 14.6. The molecule has 0 aliphatic carbocycles. The minimum atomic E-state index is 0.454. The number of halogens is 1. The monoisotopic (exact) mass is 424 g/mol. The number of anilines is 5. The van der Waals surface area contributed by atoms with Gasteiger partial charge in [0.1, 0.15) is 0 Å². The molecule has 8 heteroatoms. The van der Waals surface area contributed by atoms with E-state index in [1.54, 1.807) is 0 Å². The molecule has 2 N–H and O–H groups in total. The number of benzene rings is 2. The van der Waals surface area contributed by atoms with Crippen molar-refractivity contribution in [3.63, 3.8) is 0 Å². The lowest BCUT2D eigenvalue weighted by Gasteiger charge is -2.27. The molecule has 1 fully saturated rings. The largest absolute Gasteiger partial charge is 0.378 e. The molecule has 1 aromatic heterocycles. The number of morpholine rings is 1. The summed E-state index contributed by atoms with van der Waals surface area (Å²) in [5, 5.41) is 7.18. The Bertz CT molecular complexity index is 989. The fraction of sp³-hybridized carbons (Fsp3) is 0.318. The van der Waals surface area contributed by atoms with E-state index in [0.29, 0.717) is 42.0 Å². The second-order valence-corrected chi connectivity index (χ2v) is 7.86. The highest BCUT2D eigenvalue weighted by Gasteiger charge is 2.17. The third-order valence-electron chi connectivity index (χ3n) is 4.83. The topological polar surface area (TPSA) is 75.2 Å². The summed E-state index contributed by atoms with van der Waals surface area (Å²) >= 11 is 6.11. The first kappa shape index (κ1) is 20.4. The number of hydrogen-bond donors (Lipinski definition) is 2. The maximum atomic E-state index is 6.11. The normalized spacial score (nSPS) is 14.1. The Balaban J connectivity index is 1.62. The van der Waals surface area contributed by atoms with Gasteiger partial charge in [0.25, 0.3) is 0 Å². The summed E-state index contributed by atoms with van der Waals surface area (Å²) in [6, 6.07) is 15.8. The Hall–Kier alpha value is -2.90. The van der Waals surface area contributed by atoms with Gasteiger partial charge in [0.2, 0.25) is 17.8 Å². The van der Waals surface area contributed by atoms with Crippen LogP contribution in [0.4, 0.5) is 29.2 Å². The Morgan fingerprint density at radius 1 is 0.900 bits per heavy atom. The second kappa shape index (κ2) is 9.28. The predicted octanol–water partition coefficient (Wildman–Crippen LogP) is 4.97. The lowest BCUT2D eigenvalue weighted by Crippen LogP contribution is -2.37. The van der Waals surface area contributed by atoms with Gasteiger partial charge in [-0.1, -0.05) is 43.6 Å². The molecule has 0 bridgehead atoms. The van der Waals surface area contributed by atoms with Crippen molar-refractivity contribution in [3.8, 4) is 0 Å². The van der Waals surface area contributed by atoms with Gasteiger partial charge in [0.05, 0.1) is 13.2 Å². The number of aromatic nitrogens is 3. The van der Waals surface area contributed by atoms with Crippen molar-refractivity contribution in [2.75, 3.05) is 41.8 Å². The maximum Gasteiger partial charge on any atom is 0.233 e. The Morgan fingerprint density at radius 3 is 2.20 bits per heavy atom. The van der Waals surface area contributed by atoms with Crippen molar-refractivity contribution in [2.24, 2.45) is 0 Å². The molecule has 2 aromatic carbocycles. The van der Waals surface area contributed by atoms with Crippen LogP contribution in [0.25, 0.3) is 0 Å². The number of hydrogen-bond acceptors (Lipinski definition) is 7. The number of nitrogens with zero attached hydrogens (tertiary/aromatic N) is 4. The summed E-state index contributed by atoms with van der Waals surface area (Å²) in [6.07, 6.45) is 0. The van der Waals surface area contributed by atoms with Crippen molar-refractivity contribution >= 4 is 40.8 Å². The smallest absolute Gasteiger partial charge is 0.233 e. The lowest BCUT2D eigenvalue weighted by atomic mass is 10.0. The van der Waals surface area contributed by atoms with Crippen LogP contribution in [0.3, 0.4) is 0 Å². The summed E-state index contributed by atoms with van der Waals surface area (Å²) in [5.41, 5.74) is 3.02. The molecule has 3 aromatic rings. The van der Waals surface area contributed by atoms with Crippen molar-refractivity contribution in [2.45, 2.75) is 19.8 Å². The van der Waals surface area contributed by atoms with Crippen LogP contribution in [0, 0.1) is 0 Å². The minimum absolute atomic E-state index is 0.454. The molecule has 1 aliphatic rings. The Morgan fingerprint density at radius 2 is 1.57 bits per heavy atom. The predicted molar refractivity (Wildman–Crippen MR) is 121 cm³/mol. The zero-order valence-electron chi connectivity index (χ0n) is 17.1. The highest BCUT2D eigenvalue weighted by atomic mass is 35.5. The molecule has 0 amide bonds. The van der Waals surface area contributed by atoms with E-state index in [9.17, 15) is 0 Å². The molecule has 1 aliphatic heterocycles. The summed E-state index contributed by atoms with van der Waals surface area (Å²) in [7, 11) is 0. The number of ether oxygens (including phenoxy) is 1. The quantitative estimate of drug-likeness (QED) is 0.578. The molecule has 1 saturated heterocycles. The van der Waals surface area contributed by atoms with Gasteiger partial charge in [-0.15, -0.1) is 0 Å². The average Bonchev–Trinajstić information content (AvgIpc) is 2.75. The van der Waals surface area contributed by atoms with Crippen LogP contribution in [0.15, 0.2) is 48.5 Å². The highest BCUT2D eigenvalue weighted by molar-refractivity contribution is 6.30. The van der Waals surface area contributed by atoms with Gasteiger partial charge < -0.3 is 20.3 Å². The van der Waals surface area contributed by atoms with E-state index in [1.165, 1.54) is 5.56 Å². The molecule has 4 rings (SSSR count). The first-order valence-corrected chi connectivity index (χ1v) is 10.4. The maximum absolute atomic E-state index is 6.11. The molecular formula is C22H25ClN6O. The molecule has 7 nitrogen and oxygen atoms in total. The fourth-order valence-electron chi connectivity index (χ4n) is 3.16. The molecular weight excluding hydrogens is 400 g/mol. The van der Waals surface area contributed by atoms with Gasteiger partial charge in [0, 0.05) is 29.5 Å². The Labute approximate surface area is 181 Å². The van der Waals surface area contributed by atoms with Crippen LogP contribution in [-0.4, -0.2) is 41.3 Å². The number of rotatable bonds is 6. The van der Waals surface area contributed by atoms with Crippen molar-refractivity contribution in [1.29, 1.82) is 0 Å². The van der Waals surface area contributed by atoms with Crippen molar-refractivity contribution in [1.82, 2.24) is 15.0 Å². The van der Waals surface area contributed by atoms with Crippen LogP contribution in [0.1, 0.15) is 25.3 Å². The highest BCUT2D eigenvalue weighted by Crippen LogP contribution is 2.23. The molecule has 0 radical (unpaired) electrons. The van der Waals surface area contributed by atoms with Crippen LogP contribution < -0.4 is 15.5 Å². The number of nitrogens with one attached hydrogen (secondary N) is 2. The molecule has 2 heterocycles. The summed E-state index contributed by atoms with van der Waals surface area (Å²) in [5.74, 6) is 2.03. The molecule has 0 unspecified atom stereocenters. The average molecular weight is 425 g/mol. The summed E-state index contributed by atoms with van der Waals surface area (Å²) in [4.78, 5) is 15.9. The second-order valence-electron chi connectivity index (χ2n) is 7.42. The van der Waals surface area contributed by atoms with Gasteiger partial charge in [-0.3, -0.25) is 0 Å². The van der Waals surface area contributed by atoms with Crippen LogP contribution >= 0.6 is 11.6 Å². The van der Waals surface area contributed by atoms with E-state index in [4.69, 9.17) is 16.3 Å². The molecule has 0 atom stereocenters. The molecule has 30 heavy (non-hydrogen) atoms. The minimum Gasteiger partial charge on any atom is -0.378 e.